The molecule has 0 aliphatic carbocycles. The molecule has 1 amide bonds. The van der Waals surface area contributed by atoms with Crippen LogP contribution in [0, 0.1) is 0 Å². The van der Waals surface area contributed by atoms with Gasteiger partial charge in [-0.25, -0.2) is 14.6 Å². The number of aromatic nitrogens is 1. The average Bonchev–Trinajstić information content (AvgIpc) is 2.66. The first-order valence-corrected chi connectivity index (χ1v) is 9.39. The summed E-state index contributed by atoms with van der Waals surface area (Å²) in [4.78, 5) is 28.2. The van der Waals surface area contributed by atoms with Crippen LogP contribution >= 0.6 is 0 Å². The number of carbonyl (C=O) groups excluding carboxylic acids is 1. The van der Waals surface area contributed by atoms with E-state index in [1.807, 2.05) is 60.7 Å². The Morgan fingerprint density at radius 1 is 1.07 bits per heavy atom. The van der Waals surface area contributed by atoms with Crippen molar-refractivity contribution in [1.29, 1.82) is 0 Å². The predicted octanol–water partition coefficient (Wildman–Crippen LogP) is 4.42. The Labute approximate surface area is 169 Å². The van der Waals surface area contributed by atoms with Gasteiger partial charge in [0, 0.05) is 17.4 Å². The summed E-state index contributed by atoms with van der Waals surface area (Å²) in [5, 5.41) is 12.8. The molecule has 0 fully saturated rings. The number of fused-ring (bicyclic) bond motifs is 1. The largest absolute Gasteiger partial charge is 0.480 e. The number of ether oxygens (including phenoxy) is 1. The smallest absolute Gasteiger partial charge is 0.408 e. The molecule has 1 aromatic heterocycles. The van der Waals surface area contributed by atoms with Crippen molar-refractivity contribution in [2.24, 2.45) is 0 Å². The highest BCUT2D eigenvalue weighted by Crippen LogP contribution is 2.22. The summed E-state index contributed by atoms with van der Waals surface area (Å²) in [6.45, 7) is 5.17. The summed E-state index contributed by atoms with van der Waals surface area (Å²) < 4.78 is 5.16. The van der Waals surface area contributed by atoms with Gasteiger partial charge in [0.05, 0.1) is 11.2 Å². The number of hydrogen-bond acceptors (Lipinski definition) is 4. The Hall–Kier alpha value is -3.41. The van der Waals surface area contributed by atoms with Gasteiger partial charge in [-0.15, -0.1) is 0 Å². The normalized spacial score (nSPS) is 12.4. The lowest BCUT2D eigenvalue weighted by Gasteiger charge is -2.22. The van der Waals surface area contributed by atoms with Gasteiger partial charge >= 0.3 is 12.1 Å². The van der Waals surface area contributed by atoms with Crippen molar-refractivity contribution in [3.63, 3.8) is 0 Å². The predicted molar refractivity (Wildman–Crippen MR) is 112 cm³/mol. The molecule has 0 aliphatic heterocycles. The standard InChI is InChI=1S/C23H24N2O4/c1-23(2,3)29-22(28)25-20(21(26)27)14-15-9-11-19-17(13-15)10-12-18(24-19)16-7-5-4-6-8-16/h4-13,20H,14H2,1-3H3,(H,25,28)(H,26,27). The third kappa shape index (κ3) is 5.54. The van der Waals surface area contributed by atoms with Crippen LogP contribution < -0.4 is 5.32 Å². The number of alkyl carbamates (subject to hydrolysis) is 1. The van der Waals surface area contributed by atoms with Crippen molar-refractivity contribution in [3.05, 3.63) is 66.2 Å². The number of hydrogen-bond donors (Lipinski definition) is 2. The maximum atomic E-state index is 11.9. The lowest BCUT2D eigenvalue weighted by atomic mass is 10.0. The van der Waals surface area contributed by atoms with Crippen LogP contribution in [0.4, 0.5) is 4.79 Å². The van der Waals surface area contributed by atoms with Gasteiger partial charge in [-0.2, -0.15) is 0 Å². The summed E-state index contributed by atoms with van der Waals surface area (Å²) in [7, 11) is 0. The van der Waals surface area contributed by atoms with Crippen molar-refractivity contribution < 1.29 is 19.4 Å². The van der Waals surface area contributed by atoms with E-state index in [9.17, 15) is 14.7 Å². The van der Waals surface area contributed by atoms with Crippen molar-refractivity contribution in [2.75, 3.05) is 0 Å². The quantitative estimate of drug-likeness (QED) is 0.671. The molecular weight excluding hydrogens is 368 g/mol. The topological polar surface area (TPSA) is 88.5 Å². The molecule has 6 heteroatoms. The molecular formula is C23H24N2O4. The van der Waals surface area contributed by atoms with E-state index in [4.69, 9.17) is 4.74 Å². The SMILES string of the molecule is CC(C)(C)OC(=O)NC(Cc1ccc2nc(-c3ccccc3)ccc2c1)C(=O)O. The Bertz CT molecular complexity index is 1030. The zero-order valence-electron chi connectivity index (χ0n) is 16.7. The number of carboxylic acids is 1. The third-order valence-corrected chi connectivity index (χ3v) is 4.25. The molecule has 0 saturated carbocycles. The minimum absolute atomic E-state index is 0.144. The van der Waals surface area contributed by atoms with E-state index in [1.54, 1.807) is 20.8 Å². The van der Waals surface area contributed by atoms with Crippen LogP contribution in [0.1, 0.15) is 26.3 Å². The number of rotatable bonds is 5. The first kappa shape index (κ1) is 20.3. The van der Waals surface area contributed by atoms with Crippen LogP contribution in [0.25, 0.3) is 22.2 Å². The van der Waals surface area contributed by atoms with E-state index in [0.717, 1.165) is 27.7 Å². The zero-order valence-corrected chi connectivity index (χ0v) is 16.7. The number of carbonyl (C=O) groups is 2. The number of amides is 1. The molecule has 150 valence electrons. The fourth-order valence-electron chi connectivity index (χ4n) is 2.96. The summed E-state index contributed by atoms with van der Waals surface area (Å²) >= 11 is 0. The van der Waals surface area contributed by atoms with Gasteiger partial charge in [-0.3, -0.25) is 0 Å². The van der Waals surface area contributed by atoms with Crippen LogP contribution in [0.2, 0.25) is 0 Å². The Kier molecular flexibility index (Phi) is 5.82. The lowest BCUT2D eigenvalue weighted by Crippen LogP contribution is -2.44. The molecule has 0 aliphatic rings. The van der Waals surface area contributed by atoms with E-state index in [-0.39, 0.29) is 6.42 Å². The fraction of sp³-hybridized carbons (Fsp3) is 0.261. The fourth-order valence-corrected chi connectivity index (χ4v) is 2.96. The second-order valence-corrected chi connectivity index (χ2v) is 7.83. The first-order valence-electron chi connectivity index (χ1n) is 9.39. The minimum atomic E-state index is -1.12. The second-order valence-electron chi connectivity index (χ2n) is 7.83. The van der Waals surface area contributed by atoms with Gasteiger partial charge in [0.2, 0.25) is 0 Å². The number of pyridine rings is 1. The van der Waals surface area contributed by atoms with Crippen molar-refractivity contribution in [2.45, 2.75) is 38.8 Å². The van der Waals surface area contributed by atoms with Gasteiger partial charge < -0.3 is 15.2 Å². The second kappa shape index (κ2) is 8.31. The number of carboxylic acid groups (broad SMARTS) is 1. The van der Waals surface area contributed by atoms with E-state index in [2.05, 4.69) is 10.3 Å². The summed E-state index contributed by atoms with van der Waals surface area (Å²) in [6.07, 6.45) is -0.606. The maximum Gasteiger partial charge on any atom is 0.408 e. The Morgan fingerprint density at radius 2 is 1.79 bits per heavy atom. The molecule has 6 nitrogen and oxygen atoms in total. The first-order chi connectivity index (χ1) is 13.7. The van der Waals surface area contributed by atoms with Gasteiger partial charge in [0.25, 0.3) is 0 Å². The molecule has 1 atom stereocenters. The average molecular weight is 392 g/mol. The molecule has 0 spiro atoms. The monoisotopic (exact) mass is 392 g/mol. The molecule has 1 heterocycles. The third-order valence-electron chi connectivity index (χ3n) is 4.25. The van der Waals surface area contributed by atoms with Crippen molar-refractivity contribution >= 4 is 23.0 Å². The molecule has 2 N–H and O–H groups in total. The van der Waals surface area contributed by atoms with Crippen LogP contribution in [-0.2, 0) is 16.0 Å². The Morgan fingerprint density at radius 3 is 2.45 bits per heavy atom. The number of nitrogens with zero attached hydrogens (tertiary/aromatic N) is 1. The van der Waals surface area contributed by atoms with Crippen LogP contribution in [0.15, 0.2) is 60.7 Å². The molecule has 2 aromatic carbocycles. The lowest BCUT2D eigenvalue weighted by molar-refractivity contribution is -0.139. The van der Waals surface area contributed by atoms with E-state index in [0.29, 0.717) is 0 Å². The summed E-state index contributed by atoms with van der Waals surface area (Å²) in [5.74, 6) is -1.12. The highest BCUT2D eigenvalue weighted by atomic mass is 16.6. The number of benzene rings is 2. The van der Waals surface area contributed by atoms with E-state index < -0.39 is 23.7 Å². The molecule has 0 saturated heterocycles. The van der Waals surface area contributed by atoms with Gasteiger partial charge in [0.1, 0.15) is 11.6 Å². The van der Waals surface area contributed by atoms with E-state index >= 15 is 0 Å². The summed E-state index contributed by atoms with van der Waals surface area (Å²) in [6, 6.07) is 18.3. The molecule has 0 bridgehead atoms. The van der Waals surface area contributed by atoms with Crippen molar-refractivity contribution in [1.82, 2.24) is 10.3 Å². The Balaban J connectivity index is 1.78. The maximum absolute atomic E-state index is 11.9. The van der Waals surface area contributed by atoms with Gasteiger partial charge in [0.15, 0.2) is 0 Å². The molecule has 29 heavy (non-hydrogen) atoms. The molecule has 3 rings (SSSR count). The highest BCUT2D eigenvalue weighted by Gasteiger charge is 2.24. The highest BCUT2D eigenvalue weighted by molar-refractivity contribution is 5.83. The van der Waals surface area contributed by atoms with Crippen LogP contribution in [0.5, 0.6) is 0 Å². The zero-order chi connectivity index (χ0) is 21.0. The van der Waals surface area contributed by atoms with Crippen LogP contribution in [0.3, 0.4) is 0 Å². The van der Waals surface area contributed by atoms with Crippen LogP contribution in [-0.4, -0.2) is 33.8 Å². The molecule has 1 unspecified atom stereocenters. The molecule has 0 radical (unpaired) electrons. The minimum Gasteiger partial charge on any atom is -0.480 e. The number of nitrogens with one attached hydrogen (secondary N) is 1. The van der Waals surface area contributed by atoms with Gasteiger partial charge in [-0.1, -0.05) is 42.5 Å². The van der Waals surface area contributed by atoms with Crippen molar-refractivity contribution in [3.8, 4) is 11.3 Å². The number of aliphatic carboxylic acids is 1. The van der Waals surface area contributed by atoms with Gasteiger partial charge in [-0.05, 0) is 44.5 Å². The van der Waals surface area contributed by atoms with E-state index in [1.165, 1.54) is 0 Å². The summed E-state index contributed by atoms with van der Waals surface area (Å²) in [5.41, 5.74) is 2.82. The molecule has 3 aromatic rings.